The lowest BCUT2D eigenvalue weighted by Crippen LogP contribution is -2.23. The molecule has 1 aliphatic heterocycles. The molecule has 1 aliphatic rings. The van der Waals surface area contributed by atoms with E-state index in [0.29, 0.717) is 17.4 Å². The van der Waals surface area contributed by atoms with Crippen molar-refractivity contribution in [3.8, 4) is 0 Å². The van der Waals surface area contributed by atoms with Crippen LogP contribution in [0.15, 0.2) is 23.4 Å². The lowest BCUT2D eigenvalue weighted by atomic mass is 10.2. The fraction of sp³-hybridized carbons (Fsp3) is 0.467. The van der Waals surface area contributed by atoms with Crippen LogP contribution in [0.3, 0.4) is 0 Å². The number of carbonyl (C=O) groups excluding carboxylic acids is 1. The maximum atomic E-state index is 13.2. The third-order valence-corrected chi connectivity index (χ3v) is 5.10. The second-order valence-corrected chi connectivity index (χ2v) is 7.37. The summed E-state index contributed by atoms with van der Waals surface area (Å²) in [7, 11) is 0. The Bertz CT molecular complexity index is 753. The van der Waals surface area contributed by atoms with E-state index in [1.165, 1.54) is 30.0 Å². The number of tetrazole rings is 1. The number of aromatic nitrogens is 4. The van der Waals surface area contributed by atoms with Crippen molar-refractivity contribution in [3.05, 3.63) is 29.0 Å². The number of nitrogens with one attached hydrogen (secondary N) is 1. The van der Waals surface area contributed by atoms with Crippen LogP contribution in [-0.2, 0) is 16.1 Å². The highest BCUT2D eigenvalue weighted by Crippen LogP contribution is 2.24. The minimum atomic E-state index is -0.532. The molecule has 2 heterocycles. The fourth-order valence-electron chi connectivity index (χ4n) is 2.41. The maximum absolute atomic E-state index is 13.2. The Labute approximate surface area is 153 Å². The predicted octanol–water partition coefficient (Wildman–Crippen LogP) is 2.76. The molecule has 0 saturated carbocycles. The van der Waals surface area contributed by atoms with Crippen molar-refractivity contribution in [3.63, 3.8) is 0 Å². The van der Waals surface area contributed by atoms with E-state index in [4.69, 9.17) is 16.3 Å². The number of benzene rings is 1. The number of thioether (sulfide) groups is 1. The summed E-state index contributed by atoms with van der Waals surface area (Å²) in [5, 5.41) is 14.4. The van der Waals surface area contributed by atoms with E-state index >= 15 is 0 Å². The molecule has 1 fully saturated rings. The van der Waals surface area contributed by atoms with Crippen LogP contribution >= 0.6 is 23.4 Å². The zero-order chi connectivity index (χ0) is 17.8. The summed E-state index contributed by atoms with van der Waals surface area (Å²) >= 11 is 6.97. The minimum Gasteiger partial charge on any atom is -0.376 e. The molecule has 7 nitrogen and oxygen atoms in total. The molecule has 1 aromatic carbocycles. The molecule has 0 radical (unpaired) electrons. The number of halogens is 2. The number of ether oxygens (including phenoxy) is 1. The molecule has 10 heteroatoms. The van der Waals surface area contributed by atoms with Gasteiger partial charge in [-0.1, -0.05) is 23.4 Å². The summed E-state index contributed by atoms with van der Waals surface area (Å²) in [6.07, 6.45) is 2.12. The van der Waals surface area contributed by atoms with E-state index in [1.54, 1.807) is 11.6 Å². The second-order valence-electron chi connectivity index (χ2n) is 5.66. The average molecular weight is 386 g/mol. The van der Waals surface area contributed by atoms with Crippen molar-refractivity contribution < 1.29 is 13.9 Å². The van der Waals surface area contributed by atoms with Gasteiger partial charge in [-0.3, -0.25) is 4.79 Å². The molecule has 0 unspecified atom stereocenters. The number of hydrogen-bond acceptors (Lipinski definition) is 6. The first-order valence-corrected chi connectivity index (χ1v) is 9.09. The Kier molecular flexibility index (Phi) is 5.87. The monoisotopic (exact) mass is 385 g/mol. The number of rotatable bonds is 6. The van der Waals surface area contributed by atoms with Crippen molar-refractivity contribution in [2.24, 2.45) is 0 Å². The molecule has 3 rings (SSSR count). The van der Waals surface area contributed by atoms with Crippen molar-refractivity contribution in [1.82, 2.24) is 20.2 Å². The fourth-order valence-corrected chi connectivity index (χ4v) is 3.39. The molecule has 1 saturated heterocycles. The number of nitrogens with zero attached hydrogens (tertiary/aromatic N) is 4. The Morgan fingerprint density at radius 1 is 1.60 bits per heavy atom. The highest BCUT2D eigenvalue weighted by Gasteiger charge is 2.22. The van der Waals surface area contributed by atoms with Gasteiger partial charge in [0.1, 0.15) is 5.82 Å². The van der Waals surface area contributed by atoms with Gasteiger partial charge in [0.05, 0.1) is 22.9 Å². The van der Waals surface area contributed by atoms with Gasteiger partial charge >= 0.3 is 0 Å². The molecule has 25 heavy (non-hydrogen) atoms. The Balaban J connectivity index is 1.59. The Morgan fingerprint density at radius 3 is 3.16 bits per heavy atom. The van der Waals surface area contributed by atoms with Crippen LogP contribution in [-0.4, -0.2) is 44.1 Å². The Hall–Kier alpha value is -1.71. The first kappa shape index (κ1) is 18.1. The summed E-state index contributed by atoms with van der Waals surface area (Å²) < 4.78 is 20.4. The van der Waals surface area contributed by atoms with Crippen molar-refractivity contribution in [2.75, 3.05) is 11.9 Å². The predicted molar refractivity (Wildman–Crippen MR) is 92.1 cm³/mol. The summed E-state index contributed by atoms with van der Waals surface area (Å²) in [4.78, 5) is 12.3. The molecule has 0 spiro atoms. The Morgan fingerprint density at radius 2 is 2.44 bits per heavy atom. The highest BCUT2D eigenvalue weighted by molar-refractivity contribution is 8.00. The number of carbonyl (C=O) groups is 1. The topological polar surface area (TPSA) is 81.9 Å². The van der Waals surface area contributed by atoms with E-state index in [2.05, 4.69) is 20.8 Å². The first-order valence-electron chi connectivity index (χ1n) is 7.83. The highest BCUT2D eigenvalue weighted by atomic mass is 35.5. The van der Waals surface area contributed by atoms with Crippen LogP contribution in [0.2, 0.25) is 5.02 Å². The van der Waals surface area contributed by atoms with Crippen LogP contribution in [0, 0.1) is 5.82 Å². The van der Waals surface area contributed by atoms with Gasteiger partial charge in [0.15, 0.2) is 0 Å². The third-order valence-electron chi connectivity index (χ3n) is 3.74. The van der Waals surface area contributed by atoms with Gasteiger partial charge in [-0.05, 0) is 48.4 Å². The van der Waals surface area contributed by atoms with Gasteiger partial charge in [-0.2, -0.15) is 0 Å². The lowest BCUT2D eigenvalue weighted by molar-refractivity contribution is -0.115. The van der Waals surface area contributed by atoms with Gasteiger partial charge in [0.2, 0.25) is 11.1 Å². The standard InChI is InChI=1S/C15H17ClFN5O2S/c1-9(14(23)18-10-4-5-13(17)12(16)7-10)25-15-19-20-21-22(15)8-11-3-2-6-24-11/h4-5,7,9,11H,2-3,6,8H2,1H3,(H,18,23)/t9-,11-/m1/s1. The van der Waals surface area contributed by atoms with Crippen molar-refractivity contribution in [1.29, 1.82) is 0 Å². The van der Waals surface area contributed by atoms with E-state index in [-0.39, 0.29) is 17.0 Å². The summed E-state index contributed by atoms with van der Waals surface area (Å²) in [6, 6.07) is 4.03. The number of anilines is 1. The second kappa shape index (κ2) is 8.11. The summed E-state index contributed by atoms with van der Waals surface area (Å²) in [5.74, 6) is -0.783. The van der Waals surface area contributed by atoms with E-state index in [1.807, 2.05) is 0 Å². The van der Waals surface area contributed by atoms with E-state index in [9.17, 15) is 9.18 Å². The number of amides is 1. The first-order chi connectivity index (χ1) is 12.0. The van der Waals surface area contributed by atoms with Crippen LogP contribution in [0.1, 0.15) is 19.8 Å². The molecule has 2 atom stereocenters. The van der Waals surface area contributed by atoms with Gasteiger partial charge < -0.3 is 10.1 Å². The van der Waals surface area contributed by atoms with E-state index in [0.717, 1.165) is 19.4 Å². The molecule has 1 amide bonds. The molecule has 134 valence electrons. The van der Waals surface area contributed by atoms with Crippen LogP contribution in [0.4, 0.5) is 10.1 Å². The molecule has 0 aliphatic carbocycles. The zero-order valence-electron chi connectivity index (χ0n) is 13.5. The van der Waals surface area contributed by atoms with Gasteiger partial charge in [0, 0.05) is 12.3 Å². The summed E-state index contributed by atoms with van der Waals surface area (Å²) in [6.45, 7) is 3.07. The molecule has 1 aromatic heterocycles. The van der Waals surface area contributed by atoms with Crippen molar-refractivity contribution >= 4 is 35.0 Å². The van der Waals surface area contributed by atoms with Gasteiger partial charge in [-0.25, -0.2) is 9.07 Å². The smallest absolute Gasteiger partial charge is 0.237 e. The van der Waals surface area contributed by atoms with Gasteiger partial charge in [-0.15, -0.1) is 5.10 Å². The SMILES string of the molecule is C[C@@H](Sc1nnnn1C[C@H]1CCCO1)C(=O)Nc1ccc(F)c(Cl)c1. The van der Waals surface area contributed by atoms with Crippen molar-refractivity contribution in [2.45, 2.75) is 42.8 Å². The van der Waals surface area contributed by atoms with Crippen LogP contribution in [0.25, 0.3) is 0 Å². The summed E-state index contributed by atoms with van der Waals surface area (Å²) in [5.41, 5.74) is 0.433. The molecular formula is C15H17ClFN5O2S. The molecule has 1 N–H and O–H groups in total. The molecular weight excluding hydrogens is 369 g/mol. The van der Waals surface area contributed by atoms with Crippen LogP contribution < -0.4 is 5.32 Å². The molecule has 2 aromatic rings. The zero-order valence-corrected chi connectivity index (χ0v) is 15.1. The minimum absolute atomic E-state index is 0.0430. The van der Waals surface area contributed by atoms with Crippen LogP contribution in [0.5, 0.6) is 0 Å². The number of hydrogen-bond donors (Lipinski definition) is 1. The molecule has 0 bridgehead atoms. The average Bonchev–Trinajstić information content (AvgIpc) is 3.24. The van der Waals surface area contributed by atoms with Gasteiger partial charge in [0.25, 0.3) is 0 Å². The lowest BCUT2D eigenvalue weighted by Gasteiger charge is -2.13. The quantitative estimate of drug-likeness (QED) is 0.770. The normalized spacial score (nSPS) is 18.3. The van der Waals surface area contributed by atoms with E-state index < -0.39 is 11.1 Å². The maximum Gasteiger partial charge on any atom is 0.237 e. The third kappa shape index (κ3) is 4.68. The largest absolute Gasteiger partial charge is 0.376 e.